The number of hydrogen-bond acceptors (Lipinski definition) is 3. The molecule has 0 aromatic heterocycles. The van der Waals surface area contributed by atoms with E-state index in [1.807, 2.05) is 18.7 Å². The molecule has 1 unspecified atom stereocenters. The van der Waals surface area contributed by atoms with Crippen molar-refractivity contribution in [3.05, 3.63) is 0 Å². The minimum absolute atomic E-state index is 0.0556. The summed E-state index contributed by atoms with van der Waals surface area (Å²) in [7, 11) is 0. The maximum atomic E-state index is 11.3. The standard InChI is InChI=1S/C10H20N2O3S/c1-4-16-6-5-7(2)11-10(15)12-8(3)9(13)14/h7-8H,4-6H2,1-3H3,(H,13,14)(H2,11,12,15)/t7?,8-/m0/s1. The number of nitrogens with one attached hydrogen (secondary N) is 2. The second-order valence-electron chi connectivity index (χ2n) is 3.56. The van der Waals surface area contributed by atoms with Crippen LogP contribution >= 0.6 is 11.8 Å². The number of thioether (sulfide) groups is 1. The molecule has 0 saturated carbocycles. The highest BCUT2D eigenvalue weighted by atomic mass is 32.2. The van der Waals surface area contributed by atoms with E-state index in [9.17, 15) is 9.59 Å². The Kier molecular flexibility index (Phi) is 7.80. The summed E-state index contributed by atoms with van der Waals surface area (Å²) in [4.78, 5) is 21.8. The van der Waals surface area contributed by atoms with Crippen LogP contribution in [-0.4, -0.2) is 40.7 Å². The first-order valence-electron chi connectivity index (χ1n) is 5.35. The van der Waals surface area contributed by atoms with Gasteiger partial charge in [-0.25, -0.2) is 4.79 Å². The number of amides is 2. The summed E-state index contributed by atoms with van der Waals surface area (Å²) < 4.78 is 0. The van der Waals surface area contributed by atoms with E-state index >= 15 is 0 Å². The van der Waals surface area contributed by atoms with Crippen molar-refractivity contribution >= 4 is 23.8 Å². The summed E-state index contributed by atoms with van der Waals surface area (Å²) in [6.45, 7) is 5.42. The third-order valence-electron chi connectivity index (χ3n) is 1.99. The molecule has 0 fully saturated rings. The number of aliphatic carboxylic acids is 1. The van der Waals surface area contributed by atoms with E-state index < -0.39 is 18.0 Å². The van der Waals surface area contributed by atoms with Gasteiger partial charge in [0.25, 0.3) is 0 Å². The van der Waals surface area contributed by atoms with Gasteiger partial charge in [-0.1, -0.05) is 6.92 Å². The molecule has 2 amide bonds. The quantitative estimate of drug-likeness (QED) is 0.593. The smallest absolute Gasteiger partial charge is 0.325 e. The van der Waals surface area contributed by atoms with Crippen molar-refractivity contribution in [2.75, 3.05) is 11.5 Å². The molecule has 0 spiro atoms. The summed E-state index contributed by atoms with van der Waals surface area (Å²) in [6.07, 6.45) is 0.882. The Balaban J connectivity index is 3.73. The van der Waals surface area contributed by atoms with Gasteiger partial charge >= 0.3 is 12.0 Å². The van der Waals surface area contributed by atoms with E-state index in [1.54, 1.807) is 0 Å². The van der Waals surface area contributed by atoms with Crippen LogP contribution in [0.25, 0.3) is 0 Å². The molecule has 2 atom stereocenters. The predicted octanol–water partition coefficient (Wildman–Crippen LogP) is 1.29. The Morgan fingerprint density at radius 2 is 1.94 bits per heavy atom. The van der Waals surface area contributed by atoms with Crippen LogP contribution in [0.1, 0.15) is 27.2 Å². The number of urea groups is 1. The number of rotatable bonds is 7. The van der Waals surface area contributed by atoms with Crippen LogP contribution in [0.2, 0.25) is 0 Å². The SMILES string of the molecule is CCSCCC(C)NC(=O)N[C@@H](C)C(=O)O. The second kappa shape index (κ2) is 8.27. The molecule has 0 aliphatic rings. The average Bonchev–Trinajstić information content (AvgIpc) is 2.17. The summed E-state index contributed by atoms with van der Waals surface area (Å²) in [5, 5.41) is 13.6. The van der Waals surface area contributed by atoms with E-state index in [0.717, 1.165) is 17.9 Å². The van der Waals surface area contributed by atoms with Crippen molar-refractivity contribution in [3.8, 4) is 0 Å². The summed E-state index contributed by atoms with van der Waals surface area (Å²) in [6, 6.07) is -1.24. The van der Waals surface area contributed by atoms with Crippen molar-refractivity contribution in [2.45, 2.75) is 39.3 Å². The normalized spacial score (nSPS) is 13.9. The van der Waals surface area contributed by atoms with E-state index in [4.69, 9.17) is 5.11 Å². The van der Waals surface area contributed by atoms with Gasteiger partial charge in [-0.05, 0) is 31.8 Å². The van der Waals surface area contributed by atoms with Gasteiger partial charge in [0, 0.05) is 6.04 Å². The van der Waals surface area contributed by atoms with Crippen molar-refractivity contribution < 1.29 is 14.7 Å². The molecule has 0 aromatic carbocycles. The van der Waals surface area contributed by atoms with Crippen LogP contribution in [0.4, 0.5) is 4.79 Å². The largest absolute Gasteiger partial charge is 0.480 e. The fraction of sp³-hybridized carbons (Fsp3) is 0.800. The van der Waals surface area contributed by atoms with Gasteiger partial charge in [0.05, 0.1) is 0 Å². The van der Waals surface area contributed by atoms with Gasteiger partial charge in [-0.15, -0.1) is 0 Å². The maximum Gasteiger partial charge on any atom is 0.325 e. The van der Waals surface area contributed by atoms with E-state index in [1.165, 1.54) is 6.92 Å². The molecule has 5 nitrogen and oxygen atoms in total. The number of carboxylic acids is 1. The van der Waals surface area contributed by atoms with Crippen molar-refractivity contribution in [1.82, 2.24) is 10.6 Å². The van der Waals surface area contributed by atoms with Crippen LogP contribution in [0.15, 0.2) is 0 Å². The number of carboxylic acid groups (broad SMARTS) is 1. The van der Waals surface area contributed by atoms with Crippen molar-refractivity contribution in [3.63, 3.8) is 0 Å². The minimum Gasteiger partial charge on any atom is -0.480 e. The Morgan fingerprint density at radius 1 is 1.31 bits per heavy atom. The molecule has 3 N–H and O–H groups in total. The molecule has 0 aliphatic heterocycles. The molecule has 0 saturated heterocycles. The third kappa shape index (κ3) is 7.39. The fourth-order valence-corrected chi connectivity index (χ4v) is 1.81. The Morgan fingerprint density at radius 3 is 2.44 bits per heavy atom. The Labute approximate surface area is 100 Å². The third-order valence-corrected chi connectivity index (χ3v) is 2.93. The zero-order valence-electron chi connectivity index (χ0n) is 9.95. The highest BCUT2D eigenvalue weighted by molar-refractivity contribution is 7.99. The first-order chi connectivity index (χ1) is 7.47. The summed E-state index contributed by atoms with van der Waals surface area (Å²) >= 11 is 1.82. The molecule has 0 rings (SSSR count). The van der Waals surface area contributed by atoms with Crippen molar-refractivity contribution in [1.29, 1.82) is 0 Å². The van der Waals surface area contributed by atoms with Crippen LogP contribution in [-0.2, 0) is 4.79 Å². The summed E-state index contributed by atoms with van der Waals surface area (Å²) in [5.74, 6) is 1.02. The molecular weight excluding hydrogens is 228 g/mol. The summed E-state index contributed by atoms with van der Waals surface area (Å²) in [5.41, 5.74) is 0. The lowest BCUT2D eigenvalue weighted by molar-refractivity contribution is -0.138. The van der Waals surface area contributed by atoms with Gasteiger partial charge < -0.3 is 15.7 Å². The van der Waals surface area contributed by atoms with E-state index in [-0.39, 0.29) is 6.04 Å². The van der Waals surface area contributed by atoms with E-state index in [0.29, 0.717) is 0 Å². The van der Waals surface area contributed by atoms with Crippen LogP contribution < -0.4 is 10.6 Å². The van der Waals surface area contributed by atoms with Gasteiger partial charge in [-0.3, -0.25) is 4.79 Å². The Hall–Kier alpha value is -0.910. The maximum absolute atomic E-state index is 11.3. The fourth-order valence-electron chi connectivity index (χ4n) is 1.00. The molecule has 0 aromatic rings. The molecule has 0 radical (unpaired) electrons. The molecule has 6 heteroatoms. The minimum atomic E-state index is -1.04. The van der Waals surface area contributed by atoms with E-state index in [2.05, 4.69) is 17.6 Å². The zero-order valence-corrected chi connectivity index (χ0v) is 10.8. The van der Waals surface area contributed by atoms with Crippen LogP contribution in [0.3, 0.4) is 0 Å². The van der Waals surface area contributed by atoms with Crippen molar-refractivity contribution in [2.24, 2.45) is 0 Å². The average molecular weight is 248 g/mol. The van der Waals surface area contributed by atoms with Gasteiger partial charge in [-0.2, -0.15) is 11.8 Å². The molecule has 0 heterocycles. The van der Waals surface area contributed by atoms with Gasteiger partial charge in [0.1, 0.15) is 6.04 Å². The lowest BCUT2D eigenvalue weighted by Gasteiger charge is -2.15. The molecule has 16 heavy (non-hydrogen) atoms. The van der Waals surface area contributed by atoms with Gasteiger partial charge in [0.2, 0.25) is 0 Å². The lowest BCUT2D eigenvalue weighted by Crippen LogP contribution is -2.47. The number of carbonyl (C=O) groups excluding carboxylic acids is 1. The van der Waals surface area contributed by atoms with Crippen LogP contribution in [0, 0.1) is 0 Å². The zero-order chi connectivity index (χ0) is 12.6. The molecular formula is C10H20N2O3S. The van der Waals surface area contributed by atoms with Crippen LogP contribution in [0.5, 0.6) is 0 Å². The highest BCUT2D eigenvalue weighted by Gasteiger charge is 2.14. The number of hydrogen-bond donors (Lipinski definition) is 3. The lowest BCUT2D eigenvalue weighted by atomic mass is 10.2. The van der Waals surface area contributed by atoms with Gasteiger partial charge in [0.15, 0.2) is 0 Å². The Bertz CT molecular complexity index is 236. The number of carbonyl (C=O) groups is 2. The first kappa shape index (κ1) is 15.1. The predicted molar refractivity (Wildman–Crippen MR) is 65.8 cm³/mol. The molecule has 94 valence electrons. The first-order valence-corrected chi connectivity index (χ1v) is 6.50. The molecule has 0 bridgehead atoms. The highest BCUT2D eigenvalue weighted by Crippen LogP contribution is 2.03. The molecule has 0 aliphatic carbocycles. The topological polar surface area (TPSA) is 78.4 Å². The second-order valence-corrected chi connectivity index (χ2v) is 4.96. The monoisotopic (exact) mass is 248 g/mol.